The fraction of sp³-hybridized carbons (Fsp3) is 0.545. The van der Waals surface area contributed by atoms with Crippen LogP contribution in [-0.2, 0) is 20.8 Å². The molecule has 0 bridgehead atoms. The Morgan fingerprint density at radius 1 is 1.50 bits per heavy atom. The first-order chi connectivity index (χ1) is 8.60. The van der Waals surface area contributed by atoms with E-state index in [9.17, 15) is 9.59 Å². The molecular weight excluding hydrogens is 238 g/mol. The highest BCUT2D eigenvalue weighted by atomic mass is 16.5. The summed E-state index contributed by atoms with van der Waals surface area (Å²) in [6.45, 7) is 2.63. The lowest BCUT2D eigenvalue weighted by molar-refractivity contribution is -0.143. The molecule has 0 radical (unpaired) electrons. The van der Waals surface area contributed by atoms with Gasteiger partial charge in [0, 0.05) is 13.0 Å². The predicted octanol–water partition coefficient (Wildman–Crippen LogP) is 0.595. The summed E-state index contributed by atoms with van der Waals surface area (Å²) in [7, 11) is 1.27. The smallest absolute Gasteiger partial charge is 0.360 e. The molecule has 100 valence electrons. The Kier molecular flexibility index (Phi) is 5.16. The van der Waals surface area contributed by atoms with Crippen LogP contribution in [0, 0.1) is 0 Å². The molecule has 0 saturated heterocycles. The number of carbonyl (C=O) groups is 2. The Bertz CT molecular complexity index is 428. The van der Waals surface area contributed by atoms with Crippen molar-refractivity contribution in [1.29, 1.82) is 0 Å². The van der Waals surface area contributed by atoms with Crippen molar-refractivity contribution in [2.24, 2.45) is 0 Å². The minimum absolute atomic E-state index is 0.0913. The number of aromatic nitrogens is 2. The van der Waals surface area contributed by atoms with Crippen LogP contribution in [0.15, 0.2) is 6.33 Å². The number of nitrogens with two attached hydrogens (primary N) is 1. The number of hydrogen-bond acceptors (Lipinski definition) is 6. The molecule has 18 heavy (non-hydrogen) atoms. The third kappa shape index (κ3) is 3.47. The van der Waals surface area contributed by atoms with Gasteiger partial charge in [-0.05, 0) is 13.3 Å². The van der Waals surface area contributed by atoms with Crippen molar-refractivity contribution in [3.63, 3.8) is 0 Å². The van der Waals surface area contributed by atoms with Gasteiger partial charge in [-0.3, -0.25) is 4.79 Å². The molecule has 0 fully saturated rings. The number of rotatable bonds is 6. The average Bonchev–Trinajstić information content (AvgIpc) is 2.71. The van der Waals surface area contributed by atoms with Gasteiger partial charge in [-0.15, -0.1) is 0 Å². The second-order valence-corrected chi connectivity index (χ2v) is 3.57. The molecule has 1 rings (SSSR count). The van der Waals surface area contributed by atoms with Crippen LogP contribution in [0.5, 0.6) is 0 Å². The normalized spacial score (nSPS) is 10.1. The molecule has 0 atom stereocenters. The molecule has 0 aromatic carbocycles. The zero-order valence-corrected chi connectivity index (χ0v) is 10.5. The predicted molar refractivity (Wildman–Crippen MR) is 63.8 cm³/mol. The van der Waals surface area contributed by atoms with Crippen LogP contribution in [0.3, 0.4) is 0 Å². The number of esters is 2. The molecule has 2 N–H and O–H groups in total. The number of methoxy groups -OCH3 is 1. The number of anilines is 1. The summed E-state index contributed by atoms with van der Waals surface area (Å²) in [4.78, 5) is 26.3. The summed E-state index contributed by atoms with van der Waals surface area (Å²) in [5, 5.41) is 0. The van der Waals surface area contributed by atoms with Crippen molar-refractivity contribution in [1.82, 2.24) is 9.55 Å². The first-order valence-corrected chi connectivity index (χ1v) is 5.64. The fourth-order valence-corrected chi connectivity index (χ4v) is 1.45. The van der Waals surface area contributed by atoms with Gasteiger partial charge in [0.05, 0.1) is 20.0 Å². The van der Waals surface area contributed by atoms with E-state index in [1.54, 1.807) is 11.5 Å². The molecule has 0 spiro atoms. The zero-order chi connectivity index (χ0) is 13.5. The third-order valence-electron chi connectivity index (χ3n) is 2.34. The van der Waals surface area contributed by atoms with Crippen molar-refractivity contribution in [2.45, 2.75) is 26.3 Å². The van der Waals surface area contributed by atoms with Gasteiger partial charge in [0.2, 0.25) is 0 Å². The summed E-state index contributed by atoms with van der Waals surface area (Å²) in [5.41, 5.74) is 5.83. The maximum atomic E-state index is 11.3. The van der Waals surface area contributed by atoms with Crippen LogP contribution in [0.25, 0.3) is 0 Å². The Hall–Kier alpha value is -2.05. The van der Waals surface area contributed by atoms with Gasteiger partial charge in [0.15, 0.2) is 5.69 Å². The summed E-state index contributed by atoms with van der Waals surface area (Å²) in [6.07, 6.45) is 2.33. The zero-order valence-electron chi connectivity index (χ0n) is 10.5. The molecule has 7 heteroatoms. The molecule has 1 heterocycles. The molecule has 0 unspecified atom stereocenters. The van der Waals surface area contributed by atoms with Gasteiger partial charge >= 0.3 is 11.9 Å². The summed E-state index contributed by atoms with van der Waals surface area (Å²) in [5.74, 6) is -0.577. The number of aryl methyl sites for hydroxylation is 1. The van der Waals surface area contributed by atoms with Crippen LogP contribution < -0.4 is 5.73 Å². The van der Waals surface area contributed by atoms with Crippen molar-refractivity contribution >= 4 is 17.8 Å². The lowest BCUT2D eigenvalue weighted by atomic mass is 10.3. The SMILES string of the molecule is CCOC(=O)CCCn1cnc(C(=O)OC)c1N. The van der Waals surface area contributed by atoms with E-state index < -0.39 is 5.97 Å². The van der Waals surface area contributed by atoms with E-state index in [-0.39, 0.29) is 17.5 Å². The van der Waals surface area contributed by atoms with Gasteiger partial charge in [-0.1, -0.05) is 0 Å². The van der Waals surface area contributed by atoms with E-state index in [0.29, 0.717) is 26.0 Å². The average molecular weight is 255 g/mol. The first kappa shape index (κ1) is 14.0. The lowest BCUT2D eigenvalue weighted by Crippen LogP contribution is -2.10. The van der Waals surface area contributed by atoms with Crippen molar-refractivity contribution in [3.05, 3.63) is 12.0 Å². The fourth-order valence-electron chi connectivity index (χ4n) is 1.45. The molecule has 1 aromatic heterocycles. The summed E-state index contributed by atoms with van der Waals surface area (Å²) >= 11 is 0. The molecular formula is C11H17N3O4. The number of nitrogens with zero attached hydrogens (tertiary/aromatic N) is 2. The van der Waals surface area contributed by atoms with Gasteiger partial charge < -0.3 is 19.8 Å². The molecule has 0 amide bonds. The van der Waals surface area contributed by atoms with Crippen LogP contribution in [-0.4, -0.2) is 35.2 Å². The Morgan fingerprint density at radius 2 is 2.22 bits per heavy atom. The van der Waals surface area contributed by atoms with Gasteiger partial charge in [-0.2, -0.15) is 0 Å². The standard InChI is InChI=1S/C11H17N3O4/c1-3-18-8(15)5-4-6-14-7-13-9(10(14)12)11(16)17-2/h7H,3-6,12H2,1-2H3. The van der Waals surface area contributed by atoms with E-state index >= 15 is 0 Å². The Balaban J connectivity index is 2.51. The van der Waals surface area contributed by atoms with Gasteiger partial charge in [0.1, 0.15) is 5.82 Å². The quantitative estimate of drug-likeness (QED) is 0.747. The second kappa shape index (κ2) is 6.63. The van der Waals surface area contributed by atoms with Crippen LogP contribution in [0.2, 0.25) is 0 Å². The molecule has 0 aliphatic rings. The van der Waals surface area contributed by atoms with Crippen molar-refractivity contribution < 1.29 is 19.1 Å². The number of ether oxygens (including phenoxy) is 2. The van der Waals surface area contributed by atoms with E-state index in [1.807, 2.05) is 0 Å². The summed E-state index contributed by atoms with van der Waals surface area (Å²) < 4.78 is 10.9. The van der Waals surface area contributed by atoms with E-state index in [4.69, 9.17) is 10.5 Å². The first-order valence-electron chi connectivity index (χ1n) is 5.64. The lowest BCUT2D eigenvalue weighted by Gasteiger charge is -2.05. The maximum Gasteiger partial charge on any atom is 0.360 e. The minimum atomic E-state index is -0.573. The maximum absolute atomic E-state index is 11.3. The van der Waals surface area contributed by atoms with E-state index in [2.05, 4.69) is 9.72 Å². The van der Waals surface area contributed by atoms with E-state index in [1.165, 1.54) is 13.4 Å². The number of hydrogen-bond donors (Lipinski definition) is 1. The molecule has 0 saturated carbocycles. The highest BCUT2D eigenvalue weighted by Crippen LogP contribution is 2.12. The highest BCUT2D eigenvalue weighted by Gasteiger charge is 2.15. The second-order valence-electron chi connectivity index (χ2n) is 3.57. The third-order valence-corrected chi connectivity index (χ3v) is 2.34. The van der Waals surface area contributed by atoms with E-state index in [0.717, 1.165) is 0 Å². The number of carbonyl (C=O) groups excluding carboxylic acids is 2. The minimum Gasteiger partial charge on any atom is -0.466 e. The number of imidazole rings is 1. The Morgan fingerprint density at radius 3 is 2.83 bits per heavy atom. The number of nitrogen functional groups attached to an aromatic ring is 1. The molecule has 7 nitrogen and oxygen atoms in total. The van der Waals surface area contributed by atoms with Crippen LogP contribution in [0.4, 0.5) is 5.82 Å². The van der Waals surface area contributed by atoms with Crippen molar-refractivity contribution in [3.8, 4) is 0 Å². The molecule has 0 aliphatic heterocycles. The molecule has 1 aromatic rings. The van der Waals surface area contributed by atoms with Crippen molar-refractivity contribution in [2.75, 3.05) is 19.5 Å². The van der Waals surface area contributed by atoms with Crippen LogP contribution in [0.1, 0.15) is 30.3 Å². The largest absolute Gasteiger partial charge is 0.466 e. The molecule has 0 aliphatic carbocycles. The van der Waals surface area contributed by atoms with Crippen LogP contribution >= 0.6 is 0 Å². The Labute approximate surface area is 105 Å². The highest BCUT2D eigenvalue weighted by molar-refractivity contribution is 5.92. The van der Waals surface area contributed by atoms with Gasteiger partial charge in [0.25, 0.3) is 0 Å². The van der Waals surface area contributed by atoms with Gasteiger partial charge in [-0.25, -0.2) is 9.78 Å². The summed E-state index contributed by atoms with van der Waals surface area (Å²) in [6, 6.07) is 0. The monoisotopic (exact) mass is 255 g/mol. The topological polar surface area (TPSA) is 96.4 Å².